The van der Waals surface area contributed by atoms with Crippen molar-refractivity contribution in [3.05, 3.63) is 53.6 Å². The molecule has 0 saturated carbocycles. The number of para-hydroxylation sites is 1. The molecule has 2 aromatic rings. The monoisotopic (exact) mass is 329 g/mol. The first-order chi connectivity index (χ1) is 11.5. The number of carbonyl (C=O) groups is 2. The van der Waals surface area contributed by atoms with Crippen LogP contribution in [-0.2, 0) is 16.1 Å². The number of rotatable bonds is 6. The second kappa shape index (κ2) is 8.01. The lowest BCUT2D eigenvalue weighted by Crippen LogP contribution is -2.08. The summed E-state index contributed by atoms with van der Waals surface area (Å²) in [5.41, 5.74) is 1.72. The van der Waals surface area contributed by atoms with Crippen molar-refractivity contribution in [2.45, 2.75) is 13.5 Å². The number of anilines is 1. The lowest BCUT2D eigenvalue weighted by Gasteiger charge is -2.12. The molecule has 0 fully saturated rings. The summed E-state index contributed by atoms with van der Waals surface area (Å²) >= 11 is 0. The van der Waals surface area contributed by atoms with Crippen molar-refractivity contribution >= 4 is 17.6 Å². The minimum absolute atomic E-state index is 0.0622. The van der Waals surface area contributed by atoms with Gasteiger partial charge in [0.25, 0.3) is 0 Å². The molecule has 0 aliphatic carbocycles. The molecule has 0 spiro atoms. The summed E-state index contributed by atoms with van der Waals surface area (Å²) in [5.74, 6) is 0.476. The van der Waals surface area contributed by atoms with E-state index in [-0.39, 0.29) is 12.5 Å². The Balaban J connectivity index is 2.04. The van der Waals surface area contributed by atoms with Gasteiger partial charge < -0.3 is 19.5 Å². The van der Waals surface area contributed by atoms with Crippen LogP contribution in [0.2, 0.25) is 0 Å². The normalized spacial score (nSPS) is 9.96. The molecule has 1 N–H and O–H groups in total. The molecule has 0 atom stereocenters. The zero-order chi connectivity index (χ0) is 17.5. The zero-order valence-electron chi connectivity index (χ0n) is 13.8. The van der Waals surface area contributed by atoms with Gasteiger partial charge in [0.05, 0.1) is 19.8 Å². The molecule has 0 aliphatic heterocycles. The summed E-state index contributed by atoms with van der Waals surface area (Å²) < 4.78 is 15.8. The maximum atomic E-state index is 12.1. The van der Waals surface area contributed by atoms with E-state index in [4.69, 9.17) is 14.2 Å². The summed E-state index contributed by atoms with van der Waals surface area (Å²) in [6.45, 7) is 1.48. The van der Waals surface area contributed by atoms with Crippen molar-refractivity contribution in [3.8, 4) is 11.5 Å². The molecule has 2 aromatic carbocycles. The zero-order valence-corrected chi connectivity index (χ0v) is 13.8. The second-order valence-corrected chi connectivity index (χ2v) is 4.99. The molecule has 126 valence electrons. The van der Waals surface area contributed by atoms with Crippen molar-refractivity contribution in [2.24, 2.45) is 0 Å². The molecule has 24 heavy (non-hydrogen) atoms. The number of hydrogen-bond acceptors (Lipinski definition) is 5. The molecule has 2 rings (SSSR count). The van der Waals surface area contributed by atoms with Crippen LogP contribution in [0.1, 0.15) is 22.8 Å². The second-order valence-electron chi connectivity index (χ2n) is 4.99. The quantitative estimate of drug-likeness (QED) is 0.825. The molecule has 0 saturated heterocycles. The summed E-state index contributed by atoms with van der Waals surface area (Å²) in [7, 11) is 3.08. The topological polar surface area (TPSA) is 73.9 Å². The third-order valence-electron chi connectivity index (χ3n) is 3.28. The average molecular weight is 329 g/mol. The Bertz CT molecular complexity index is 725. The van der Waals surface area contributed by atoms with Gasteiger partial charge in [0.1, 0.15) is 6.61 Å². The first kappa shape index (κ1) is 17.3. The van der Waals surface area contributed by atoms with Gasteiger partial charge in [-0.1, -0.05) is 12.1 Å². The standard InChI is InChI=1S/C18H19NO5/c1-12(20)19-15-9-7-13(8-10-15)18(21)24-11-14-5-4-6-16(22-2)17(14)23-3/h4-10H,11H2,1-3H3,(H,19,20). The van der Waals surface area contributed by atoms with Crippen LogP contribution in [0.15, 0.2) is 42.5 Å². The minimum atomic E-state index is -0.464. The highest BCUT2D eigenvalue weighted by atomic mass is 16.5. The maximum absolute atomic E-state index is 12.1. The van der Waals surface area contributed by atoms with Crippen LogP contribution in [0.5, 0.6) is 11.5 Å². The predicted octanol–water partition coefficient (Wildman–Crippen LogP) is 3.02. The van der Waals surface area contributed by atoms with E-state index in [1.807, 2.05) is 0 Å². The third-order valence-corrected chi connectivity index (χ3v) is 3.28. The number of amides is 1. The molecule has 0 unspecified atom stereocenters. The summed E-state index contributed by atoms with van der Waals surface area (Å²) in [6, 6.07) is 11.8. The molecule has 0 aromatic heterocycles. The number of ether oxygens (including phenoxy) is 3. The molecule has 0 heterocycles. The molecule has 6 nitrogen and oxygen atoms in total. The fourth-order valence-electron chi connectivity index (χ4n) is 2.19. The Morgan fingerprint density at radius 2 is 1.71 bits per heavy atom. The number of methoxy groups -OCH3 is 2. The van der Waals surface area contributed by atoms with Crippen LogP contribution in [0.4, 0.5) is 5.69 Å². The fraction of sp³-hybridized carbons (Fsp3) is 0.222. The molecule has 1 amide bonds. The number of esters is 1. The van der Waals surface area contributed by atoms with E-state index in [2.05, 4.69) is 5.32 Å². The van der Waals surface area contributed by atoms with Gasteiger partial charge in [-0.05, 0) is 30.3 Å². The van der Waals surface area contributed by atoms with E-state index < -0.39 is 5.97 Å². The maximum Gasteiger partial charge on any atom is 0.338 e. The highest BCUT2D eigenvalue weighted by molar-refractivity contribution is 5.92. The third kappa shape index (κ3) is 4.25. The smallest absolute Gasteiger partial charge is 0.338 e. The van der Waals surface area contributed by atoms with Crippen LogP contribution < -0.4 is 14.8 Å². The fourth-order valence-corrected chi connectivity index (χ4v) is 2.19. The van der Waals surface area contributed by atoms with Gasteiger partial charge in [0.15, 0.2) is 11.5 Å². The van der Waals surface area contributed by atoms with E-state index in [1.165, 1.54) is 14.0 Å². The van der Waals surface area contributed by atoms with E-state index in [1.54, 1.807) is 49.6 Å². The highest BCUT2D eigenvalue weighted by Gasteiger charge is 2.13. The Labute approximate surface area is 140 Å². The van der Waals surface area contributed by atoms with Gasteiger partial charge in [-0.25, -0.2) is 4.79 Å². The van der Waals surface area contributed by atoms with Crippen LogP contribution in [-0.4, -0.2) is 26.1 Å². The summed E-state index contributed by atoms with van der Waals surface area (Å²) in [6.07, 6.45) is 0. The Hall–Kier alpha value is -3.02. The predicted molar refractivity (Wildman–Crippen MR) is 89.4 cm³/mol. The van der Waals surface area contributed by atoms with E-state index >= 15 is 0 Å². The van der Waals surface area contributed by atoms with Crippen LogP contribution in [0.25, 0.3) is 0 Å². The Morgan fingerprint density at radius 1 is 1.00 bits per heavy atom. The van der Waals surface area contributed by atoms with Crippen molar-refractivity contribution in [2.75, 3.05) is 19.5 Å². The van der Waals surface area contributed by atoms with E-state index in [9.17, 15) is 9.59 Å². The van der Waals surface area contributed by atoms with Crippen molar-refractivity contribution < 1.29 is 23.8 Å². The van der Waals surface area contributed by atoms with Gasteiger partial charge in [0, 0.05) is 18.2 Å². The van der Waals surface area contributed by atoms with Crippen LogP contribution in [0.3, 0.4) is 0 Å². The average Bonchev–Trinajstić information content (AvgIpc) is 2.59. The molecule has 6 heteroatoms. The molecule has 0 bridgehead atoms. The Morgan fingerprint density at radius 3 is 2.29 bits per heavy atom. The van der Waals surface area contributed by atoms with Crippen LogP contribution in [0, 0.1) is 0 Å². The minimum Gasteiger partial charge on any atom is -0.493 e. The lowest BCUT2D eigenvalue weighted by atomic mass is 10.2. The first-order valence-electron chi connectivity index (χ1n) is 7.29. The molecular weight excluding hydrogens is 310 g/mol. The lowest BCUT2D eigenvalue weighted by molar-refractivity contribution is -0.114. The SMILES string of the molecule is COc1cccc(COC(=O)c2ccc(NC(C)=O)cc2)c1OC. The van der Waals surface area contributed by atoms with Crippen molar-refractivity contribution in [1.29, 1.82) is 0 Å². The van der Waals surface area contributed by atoms with Gasteiger partial charge in [-0.15, -0.1) is 0 Å². The van der Waals surface area contributed by atoms with E-state index in [0.717, 1.165) is 0 Å². The van der Waals surface area contributed by atoms with E-state index in [0.29, 0.717) is 28.3 Å². The van der Waals surface area contributed by atoms with Crippen LogP contribution >= 0.6 is 0 Å². The highest BCUT2D eigenvalue weighted by Crippen LogP contribution is 2.31. The summed E-state index contributed by atoms with van der Waals surface area (Å²) in [4.78, 5) is 23.1. The van der Waals surface area contributed by atoms with Gasteiger partial charge >= 0.3 is 5.97 Å². The van der Waals surface area contributed by atoms with Gasteiger partial charge in [-0.3, -0.25) is 4.79 Å². The summed E-state index contributed by atoms with van der Waals surface area (Å²) in [5, 5.41) is 2.64. The first-order valence-corrected chi connectivity index (χ1v) is 7.29. The Kier molecular flexibility index (Phi) is 5.78. The molecular formula is C18H19NO5. The largest absolute Gasteiger partial charge is 0.493 e. The number of hydrogen-bond donors (Lipinski definition) is 1. The number of benzene rings is 2. The van der Waals surface area contributed by atoms with Crippen molar-refractivity contribution in [1.82, 2.24) is 0 Å². The molecule has 0 aliphatic rings. The molecule has 0 radical (unpaired) electrons. The van der Waals surface area contributed by atoms with Crippen molar-refractivity contribution in [3.63, 3.8) is 0 Å². The van der Waals surface area contributed by atoms with Gasteiger partial charge in [-0.2, -0.15) is 0 Å². The number of nitrogens with one attached hydrogen (secondary N) is 1. The van der Waals surface area contributed by atoms with Gasteiger partial charge in [0.2, 0.25) is 5.91 Å². The number of carbonyl (C=O) groups excluding carboxylic acids is 2.